The van der Waals surface area contributed by atoms with Crippen molar-refractivity contribution in [2.75, 3.05) is 22.9 Å². The van der Waals surface area contributed by atoms with E-state index in [0.717, 1.165) is 5.56 Å². The van der Waals surface area contributed by atoms with Gasteiger partial charge in [0.05, 0.1) is 20.6 Å². The van der Waals surface area contributed by atoms with Crippen LogP contribution in [0, 0.1) is 0 Å². The third kappa shape index (κ3) is 2.91. The molecule has 9 heteroatoms. The zero-order valence-electron chi connectivity index (χ0n) is 14.9. The Labute approximate surface area is 176 Å². The Hall–Kier alpha value is -2.00. The number of carbonyl (C=O) groups excluding carboxylic acids is 1. The van der Waals surface area contributed by atoms with E-state index in [2.05, 4.69) is 5.32 Å². The van der Waals surface area contributed by atoms with E-state index in [1.807, 2.05) is 12.1 Å². The first-order valence-electron chi connectivity index (χ1n) is 8.21. The summed E-state index contributed by atoms with van der Waals surface area (Å²) in [4.78, 5) is 13.6. The number of fused-ring (bicyclic) bond motifs is 3. The van der Waals surface area contributed by atoms with Crippen molar-refractivity contribution in [1.29, 1.82) is 0 Å². The van der Waals surface area contributed by atoms with Crippen molar-refractivity contribution < 1.29 is 13.2 Å². The molecule has 1 N–H and O–H groups in total. The first-order chi connectivity index (χ1) is 13.4. The number of hydrogen-bond donors (Lipinski definition) is 1. The molecule has 0 saturated carbocycles. The molecule has 28 heavy (non-hydrogen) atoms. The minimum Gasteiger partial charge on any atom is -0.320 e. The van der Waals surface area contributed by atoms with E-state index < -0.39 is 10.0 Å². The van der Waals surface area contributed by atoms with E-state index in [1.54, 1.807) is 42.7 Å². The third-order valence-electron chi connectivity index (χ3n) is 4.48. The van der Waals surface area contributed by atoms with E-state index in [9.17, 15) is 13.2 Å². The summed E-state index contributed by atoms with van der Waals surface area (Å²) in [5.41, 5.74) is 2.20. The summed E-state index contributed by atoms with van der Waals surface area (Å²) in [7, 11) is -2.22. The molecule has 0 saturated heterocycles. The fraction of sp³-hybridized carbons (Fsp3) is 0.105. The molecule has 0 bridgehead atoms. The van der Waals surface area contributed by atoms with Gasteiger partial charge in [0, 0.05) is 18.2 Å². The van der Waals surface area contributed by atoms with Crippen molar-refractivity contribution in [2.24, 2.45) is 0 Å². The molecule has 4 rings (SSSR count). The maximum Gasteiger partial charge on any atom is 0.266 e. The maximum absolute atomic E-state index is 13.2. The number of thioether (sulfide) groups is 1. The highest BCUT2D eigenvalue weighted by atomic mass is 35.5. The predicted octanol–water partition coefficient (Wildman–Crippen LogP) is 5.18. The van der Waals surface area contributed by atoms with Gasteiger partial charge in [0.15, 0.2) is 0 Å². The smallest absolute Gasteiger partial charge is 0.266 e. The lowest BCUT2D eigenvalue weighted by Gasteiger charge is -2.28. The summed E-state index contributed by atoms with van der Waals surface area (Å²) >= 11 is 8.65. The van der Waals surface area contributed by atoms with Crippen LogP contribution in [0.2, 0.25) is 5.02 Å². The summed E-state index contributed by atoms with van der Waals surface area (Å²) in [5.74, 6) is -0.385. The molecule has 0 fully saturated rings. The lowest BCUT2D eigenvalue weighted by atomic mass is 10.0. The minimum absolute atomic E-state index is 0.190. The van der Waals surface area contributed by atoms with Gasteiger partial charge in [0.2, 0.25) is 0 Å². The zero-order valence-corrected chi connectivity index (χ0v) is 18.1. The highest BCUT2D eigenvalue weighted by molar-refractivity contribution is 8.01. The van der Waals surface area contributed by atoms with E-state index in [4.69, 9.17) is 11.6 Å². The van der Waals surface area contributed by atoms with E-state index in [-0.39, 0.29) is 10.8 Å². The number of halogens is 1. The Balaban J connectivity index is 1.93. The summed E-state index contributed by atoms with van der Waals surface area (Å²) in [5, 5.41) is 3.22. The van der Waals surface area contributed by atoms with Gasteiger partial charge in [-0.2, -0.15) is 0 Å². The number of para-hydroxylation sites is 2. The van der Waals surface area contributed by atoms with Gasteiger partial charge < -0.3 is 5.32 Å². The molecular weight excluding hydrogens is 436 g/mol. The first kappa shape index (κ1) is 19.3. The second-order valence-corrected chi connectivity index (χ2v) is 10.5. The molecule has 1 aromatic heterocycles. The quantitative estimate of drug-likeness (QED) is 0.558. The number of hydrogen-bond acceptors (Lipinski definition) is 5. The van der Waals surface area contributed by atoms with Crippen molar-refractivity contribution >= 4 is 62.0 Å². The maximum atomic E-state index is 13.2. The van der Waals surface area contributed by atoms with Gasteiger partial charge in [0.25, 0.3) is 15.9 Å². The van der Waals surface area contributed by atoms with Crippen LogP contribution in [0.1, 0.15) is 9.67 Å². The molecule has 0 aliphatic carbocycles. The van der Waals surface area contributed by atoms with Crippen LogP contribution in [0.3, 0.4) is 0 Å². The van der Waals surface area contributed by atoms with Crippen molar-refractivity contribution in [2.45, 2.75) is 9.10 Å². The van der Waals surface area contributed by atoms with Crippen molar-refractivity contribution in [3.8, 4) is 11.1 Å². The number of carbonyl (C=O) groups is 1. The van der Waals surface area contributed by atoms with Gasteiger partial charge in [-0.25, -0.2) is 8.42 Å². The molecule has 1 amide bonds. The van der Waals surface area contributed by atoms with Crippen LogP contribution in [-0.4, -0.2) is 27.6 Å². The van der Waals surface area contributed by atoms with E-state index in [0.29, 0.717) is 31.0 Å². The van der Waals surface area contributed by atoms with E-state index >= 15 is 0 Å². The van der Waals surface area contributed by atoms with Crippen molar-refractivity contribution in [1.82, 2.24) is 0 Å². The number of rotatable bonds is 3. The molecule has 5 nitrogen and oxygen atoms in total. The number of nitrogens with zero attached hydrogens (tertiary/aromatic N) is 1. The van der Waals surface area contributed by atoms with Crippen LogP contribution in [0.25, 0.3) is 11.1 Å². The van der Waals surface area contributed by atoms with Crippen molar-refractivity contribution in [3.63, 3.8) is 0 Å². The number of sulfonamides is 1. The first-order valence-corrected chi connectivity index (χ1v) is 12.1. The number of amides is 1. The third-order valence-corrected chi connectivity index (χ3v) is 9.22. The van der Waals surface area contributed by atoms with Crippen LogP contribution in [0.4, 0.5) is 11.4 Å². The number of benzene rings is 2. The Morgan fingerprint density at radius 3 is 2.54 bits per heavy atom. The Morgan fingerprint density at radius 1 is 1.14 bits per heavy atom. The molecule has 0 spiro atoms. The topological polar surface area (TPSA) is 66.5 Å². The standard InChI is InChI=1S/C19H15ClN2O3S3/c1-22-14-10-6-3-7-11(14)15-16(27-19(26-2)17(15)28(22,24)25)18(23)21-13-9-5-4-8-12(13)20/h3-10H,1-2H3,(H,21,23). The molecule has 1 aliphatic rings. The van der Waals surface area contributed by atoms with Gasteiger partial charge in [-0.05, 0) is 24.5 Å². The normalized spacial score (nSPS) is 14.3. The molecule has 2 heterocycles. The van der Waals surface area contributed by atoms with Crippen LogP contribution in [0.15, 0.2) is 57.6 Å². The van der Waals surface area contributed by atoms with Crippen LogP contribution in [0.5, 0.6) is 0 Å². The molecule has 144 valence electrons. The average molecular weight is 451 g/mol. The van der Waals surface area contributed by atoms with Crippen LogP contribution >= 0.6 is 34.7 Å². The monoisotopic (exact) mass is 450 g/mol. The number of anilines is 2. The lowest BCUT2D eigenvalue weighted by molar-refractivity contribution is 0.103. The zero-order chi connectivity index (χ0) is 20.1. The summed E-state index contributed by atoms with van der Waals surface area (Å²) in [6, 6.07) is 14.1. The second-order valence-electron chi connectivity index (χ2n) is 6.05. The van der Waals surface area contributed by atoms with Gasteiger partial charge >= 0.3 is 0 Å². The summed E-state index contributed by atoms with van der Waals surface area (Å²) in [6.07, 6.45) is 1.80. The Bertz CT molecular complexity index is 1200. The summed E-state index contributed by atoms with van der Waals surface area (Å²) in [6.45, 7) is 0. The fourth-order valence-corrected chi connectivity index (χ4v) is 7.47. The predicted molar refractivity (Wildman–Crippen MR) is 117 cm³/mol. The Morgan fingerprint density at radius 2 is 1.82 bits per heavy atom. The van der Waals surface area contributed by atoms with Gasteiger partial charge in [-0.1, -0.05) is 41.9 Å². The number of nitrogens with one attached hydrogen (secondary N) is 1. The SMILES string of the molecule is CSc1sc(C(=O)Nc2ccccc2Cl)c2c1S(=O)(=O)N(C)c1ccccc1-2. The second kappa shape index (κ2) is 7.11. The minimum atomic E-state index is -3.75. The molecule has 1 aliphatic heterocycles. The van der Waals surface area contributed by atoms with Crippen molar-refractivity contribution in [3.05, 3.63) is 58.4 Å². The van der Waals surface area contributed by atoms with Gasteiger partial charge in [-0.15, -0.1) is 23.1 Å². The van der Waals surface area contributed by atoms with Crippen LogP contribution < -0.4 is 9.62 Å². The molecule has 0 unspecified atom stereocenters. The summed E-state index contributed by atoms with van der Waals surface area (Å²) < 4.78 is 28.2. The van der Waals surface area contributed by atoms with Gasteiger partial charge in [0.1, 0.15) is 9.77 Å². The molecule has 3 aromatic rings. The molecule has 0 radical (unpaired) electrons. The number of thiophene rings is 1. The molecule has 2 aromatic carbocycles. The highest BCUT2D eigenvalue weighted by Gasteiger charge is 2.39. The lowest BCUT2D eigenvalue weighted by Crippen LogP contribution is -2.30. The largest absolute Gasteiger partial charge is 0.320 e. The average Bonchev–Trinajstić information content (AvgIpc) is 3.09. The Kier molecular flexibility index (Phi) is 4.91. The molecular formula is C19H15ClN2O3S3. The molecule has 0 atom stereocenters. The fourth-order valence-electron chi connectivity index (χ4n) is 3.14. The van der Waals surface area contributed by atoms with Gasteiger partial charge in [-0.3, -0.25) is 9.10 Å². The van der Waals surface area contributed by atoms with Crippen LogP contribution in [-0.2, 0) is 10.0 Å². The van der Waals surface area contributed by atoms with E-state index in [1.165, 1.54) is 34.5 Å². The highest BCUT2D eigenvalue weighted by Crippen LogP contribution is 2.51.